The molecule has 1 unspecified atom stereocenters. The molecule has 0 N–H and O–H groups in total. The summed E-state index contributed by atoms with van der Waals surface area (Å²) < 4.78 is 4.70. The van der Waals surface area contributed by atoms with E-state index in [4.69, 9.17) is 4.74 Å². The molecule has 1 rings (SSSR count). The van der Waals surface area contributed by atoms with Gasteiger partial charge in [0.05, 0.1) is 13.0 Å². The quantitative estimate of drug-likeness (QED) is 0.584. The van der Waals surface area contributed by atoms with Crippen LogP contribution in [-0.2, 0) is 9.53 Å². The molecule has 1 atom stereocenters. The van der Waals surface area contributed by atoms with Crippen LogP contribution in [0.4, 0.5) is 5.69 Å². The molecule has 0 radical (unpaired) electrons. The molecule has 0 spiro atoms. The van der Waals surface area contributed by atoms with Gasteiger partial charge in [-0.3, -0.25) is 9.59 Å². The standard InChI is InChI=1S/C15H21NO3/c1-5-14(17)12-6-8-13(9-7-12)16(3)10-11(2)15(18)19-4/h6-9,11H,5,10H2,1-4H3. The van der Waals surface area contributed by atoms with Gasteiger partial charge in [0, 0.05) is 31.3 Å². The van der Waals surface area contributed by atoms with Crippen LogP contribution in [0, 0.1) is 5.92 Å². The lowest BCUT2D eigenvalue weighted by Gasteiger charge is -2.22. The lowest BCUT2D eigenvalue weighted by molar-refractivity contribution is -0.144. The maximum absolute atomic E-state index is 11.5. The maximum atomic E-state index is 11.5. The molecular formula is C15H21NO3. The van der Waals surface area contributed by atoms with Crippen molar-refractivity contribution in [2.75, 3.05) is 25.6 Å². The highest BCUT2D eigenvalue weighted by atomic mass is 16.5. The number of hydrogen-bond acceptors (Lipinski definition) is 4. The van der Waals surface area contributed by atoms with Crippen molar-refractivity contribution >= 4 is 17.4 Å². The molecule has 0 aliphatic heterocycles. The fourth-order valence-corrected chi connectivity index (χ4v) is 1.90. The first kappa shape index (κ1) is 15.2. The number of benzene rings is 1. The van der Waals surface area contributed by atoms with E-state index in [-0.39, 0.29) is 17.7 Å². The number of carbonyl (C=O) groups excluding carboxylic acids is 2. The zero-order valence-electron chi connectivity index (χ0n) is 12.0. The molecule has 0 fully saturated rings. The van der Waals surface area contributed by atoms with Gasteiger partial charge in [-0.15, -0.1) is 0 Å². The Kier molecular flexibility index (Phi) is 5.55. The number of nitrogens with zero attached hydrogens (tertiary/aromatic N) is 1. The first-order chi connectivity index (χ1) is 8.99. The van der Waals surface area contributed by atoms with Gasteiger partial charge in [-0.05, 0) is 24.3 Å². The Bertz CT molecular complexity index is 439. The van der Waals surface area contributed by atoms with E-state index in [9.17, 15) is 9.59 Å². The van der Waals surface area contributed by atoms with Gasteiger partial charge in [-0.1, -0.05) is 13.8 Å². The third-order valence-corrected chi connectivity index (χ3v) is 3.10. The summed E-state index contributed by atoms with van der Waals surface area (Å²) in [7, 11) is 3.31. The minimum Gasteiger partial charge on any atom is -0.469 e. The smallest absolute Gasteiger partial charge is 0.310 e. The highest BCUT2D eigenvalue weighted by Gasteiger charge is 2.15. The van der Waals surface area contributed by atoms with Crippen molar-refractivity contribution in [1.29, 1.82) is 0 Å². The van der Waals surface area contributed by atoms with E-state index in [0.29, 0.717) is 13.0 Å². The van der Waals surface area contributed by atoms with Crippen LogP contribution in [0.15, 0.2) is 24.3 Å². The summed E-state index contributed by atoms with van der Waals surface area (Å²) in [5.74, 6) is -0.270. The fourth-order valence-electron chi connectivity index (χ4n) is 1.90. The molecule has 4 nitrogen and oxygen atoms in total. The van der Waals surface area contributed by atoms with Crippen molar-refractivity contribution in [2.24, 2.45) is 5.92 Å². The summed E-state index contributed by atoms with van der Waals surface area (Å²) in [6, 6.07) is 7.43. The summed E-state index contributed by atoms with van der Waals surface area (Å²) in [5.41, 5.74) is 1.70. The average molecular weight is 263 g/mol. The van der Waals surface area contributed by atoms with Crippen molar-refractivity contribution in [3.63, 3.8) is 0 Å². The van der Waals surface area contributed by atoms with Gasteiger partial charge in [-0.25, -0.2) is 0 Å². The second kappa shape index (κ2) is 6.92. The first-order valence-corrected chi connectivity index (χ1v) is 6.41. The molecule has 0 saturated heterocycles. The van der Waals surface area contributed by atoms with Crippen molar-refractivity contribution < 1.29 is 14.3 Å². The van der Waals surface area contributed by atoms with Crippen molar-refractivity contribution in [3.8, 4) is 0 Å². The molecule has 0 amide bonds. The molecule has 4 heteroatoms. The Balaban J connectivity index is 2.70. The molecule has 104 valence electrons. The van der Waals surface area contributed by atoms with E-state index < -0.39 is 0 Å². The molecule has 1 aromatic carbocycles. The maximum Gasteiger partial charge on any atom is 0.310 e. The predicted molar refractivity (Wildman–Crippen MR) is 75.5 cm³/mol. The Labute approximate surface area is 114 Å². The number of esters is 1. The van der Waals surface area contributed by atoms with E-state index in [1.54, 1.807) is 0 Å². The van der Waals surface area contributed by atoms with Crippen LogP contribution in [0.1, 0.15) is 30.6 Å². The topological polar surface area (TPSA) is 46.6 Å². The van der Waals surface area contributed by atoms with Gasteiger partial charge >= 0.3 is 5.97 Å². The summed E-state index contributed by atoms with van der Waals surface area (Å²) in [6.45, 7) is 4.26. The lowest BCUT2D eigenvalue weighted by Crippen LogP contribution is -2.29. The van der Waals surface area contributed by atoms with Crippen LogP contribution in [0.2, 0.25) is 0 Å². The van der Waals surface area contributed by atoms with Crippen molar-refractivity contribution in [1.82, 2.24) is 0 Å². The number of rotatable bonds is 6. The summed E-state index contributed by atoms with van der Waals surface area (Å²) in [4.78, 5) is 24.9. The molecule has 0 saturated carbocycles. The summed E-state index contributed by atoms with van der Waals surface area (Å²) >= 11 is 0. The number of hydrogen-bond donors (Lipinski definition) is 0. The highest BCUT2D eigenvalue weighted by molar-refractivity contribution is 5.96. The molecule has 19 heavy (non-hydrogen) atoms. The van der Waals surface area contributed by atoms with Crippen LogP contribution >= 0.6 is 0 Å². The van der Waals surface area contributed by atoms with E-state index in [1.807, 2.05) is 50.1 Å². The minimum atomic E-state index is -0.218. The fraction of sp³-hybridized carbons (Fsp3) is 0.467. The predicted octanol–water partition coefficient (Wildman–Crippen LogP) is 2.52. The highest BCUT2D eigenvalue weighted by Crippen LogP contribution is 2.16. The van der Waals surface area contributed by atoms with E-state index in [0.717, 1.165) is 11.3 Å². The first-order valence-electron chi connectivity index (χ1n) is 6.41. The van der Waals surface area contributed by atoms with Gasteiger partial charge in [0.25, 0.3) is 0 Å². The van der Waals surface area contributed by atoms with E-state index in [1.165, 1.54) is 7.11 Å². The number of anilines is 1. The van der Waals surface area contributed by atoms with Crippen LogP contribution < -0.4 is 4.90 Å². The number of methoxy groups -OCH3 is 1. The zero-order valence-corrected chi connectivity index (χ0v) is 12.0. The number of carbonyl (C=O) groups is 2. The Morgan fingerprint density at radius 1 is 1.26 bits per heavy atom. The van der Waals surface area contributed by atoms with Crippen LogP contribution in [-0.4, -0.2) is 32.5 Å². The Hall–Kier alpha value is -1.84. The van der Waals surface area contributed by atoms with Gasteiger partial charge < -0.3 is 9.64 Å². The van der Waals surface area contributed by atoms with Crippen LogP contribution in [0.3, 0.4) is 0 Å². The molecule has 1 aromatic rings. The molecule has 0 bridgehead atoms. The van der Waals surface area contributed by atoms with Crippen LogP contribution in [0.5, 0.6) is 0 Å². The molecule has 0 aliphatic carbocycles. The van der Waals surface area contributed by atoms with E-state index in [2.05, 4.69) is 0 Å². The van der Waals surface area contributed by atoms with Gasteiger partial charge in [0.15, 0.2) is 5.78 Å². The number of Topliss-reactive ketones (excluding diaryl/α,β-unsaturated/α-hetero) is 1. The second-order valence-electron chi connectivity index (χ2n) is 4.63. The summed E-state index contributed by atoms with van der Waals surface area (Å²) in [6.07, 6.45) is 0.508. The second-order valence-corrected chi connectivity index (χ2v) is 4.63. The van der Waals surface area contributed by atoms with E-state index >= 15 is 0 Å². The van der Waals surface area contributed by atoms with Crippen LogP contribution in [0.25, 0.3) is 0 Å². The SMILES string of the molecule is CCC(=O)c1ccc(N(C)CC(C)C(=O)OC)cc1. The molecule has 0 aromatic heterocycles. The zero-order chi connectivity index (χ0) is 14.4. The summed E-state index contributed by atoms with van der Waals surface area (Å²) in [5, 5.41) is 0. The normalized spacial score (nSPS) is 11.8. The molecular weight excluding hydrogens is 242 g/mol. The van der Waals surface area contributed by atoms with Gasteiger partial charge in [-0.2, -0.15) is 0 Å². The van der Waals surface area contributed by atoms with Crippen molar-refractivity contribution in [3.05, 3.63) is 29.8 Å². The van der Waals surface area contributed by atoms with Gasteiger partial charge in [0.1, 0.15) is 0 Å². The Morgan fingerprint density at radius 2 is 1.84 bits per heavy atom. The molecule has 0 aliphatic rings. The monoisotopic (exact) mass is 263 g/mol. The molecule has 0 heterocycles. The third kappa shape index (κ3) is 4.09. The van der Waals surface area contributed by atoms with Gasteiger partial charge in [0.2, 0.25) is 0 Å². The van der Waals surface area contributed by atoms with Crippen molar-refractivity contribution in [2.45, 2.75) is 20.3 Å². The lowest BCUT2D eigenvalue weighted by atomic mass is 10.1. The minimum absolute atomic E-state index is 0.136. The number of ketones is 1. The Morgan fingerprint density at radius 3 is 2.32 bits per heavy atom. The third-order valence-electron chi connectivity index (χ3n) is 3.10. The largest absolute Gasteiger partial charge is 0.469 e. The number of ether oxygens (including phenoxy) is 1. The average Bonchev–Trinajstić information content (AvgIpc) is 2.45.